The van der Waals surface area contributed by atoms with Crippen molar-refractivity contribution in [3.8, 4) is 5.75 Å². The van der Waals surface area contributed by atoms with Gasteiger partial charge in [-0.05, 0) is 44.0 Å². The molecule has 1 heterocycles. The maximum absolute atomic E-state index is 5.95. The van der Waals surface area contributed by atoms with Gasteiger partial charge in [0.05, 0.1) is 11.8 Å². The number of hydrogen-bond donors (Lipinski definition) is 2. The van der Waals surface area contributed by atoms with E-state index in [0.29, 0.717) is 11.5 Å². The molecule has 1 aromatic carbocycles. The molecule has 1 aromatic heterocycles. The first-order valence-corrected chi connectivity index (χ1v) is 6.84. The van der Waals surface area contributed by atoms with E-state index in [9.17, 15) is 0 Å². The molecule has 0 spiro atoms. The second kappa shape index (κ2) is 6.28. The van der Waals surface area contributed by atoms with Crippen LogP contribution in [0, 0.1) is 6.92 Å². The van der Waals surface area contributed by atoms with Gasteiger partial charge >= 0.3 is 0 Å². The Labute approximate surface area is 120 Å². The van der Waals surface area contributed by atoms with Gasteiger partial charge in [0.2, 0.25) is 0 Å². The van der Waals surface area contributed by atoms with E-state index in [1.165, 1.54) is 0 Å². The number of ether oxygens (including phenoxy) is 1. The third-order valence-electron chi connectivity index (χ3n) is 3.06. The van der Waals surface area contributed by atoms with Gasteiger partial charge in [-0.1, -0.05) is 13.0 Å². The molecule has 20 heavy (non-hydrogen) atoms. The highest BCUT2D eigenvalue weighted by Crippen LogP contribution is 2.24. The molecular weight excluding hydrogens is 250 g/mol. The van der Waals surface area contributed by atoms with Crippen LogP contribution in [0.15, 0.2) is 36.5 Å². The number of aryl methyl sites for hydroxylation is 1. The molecule has 0 aliphatic carbocycles. The van der Waals surface area contributed by atoms with E-state index in [0.717, 1.165) is 23.4 Å². The Morgan fingerprint density at radius 3 is 2.85 bits per heavy atom. The number of nitrogen functional groups attached to an aromatic ring is 1. The van der Waals surface area contributed by atoms with Gasteiger partial charge in [0, 0.05) is 18.0 Å². The lowest BCUT2D eigenvalue weighted by atomic mass is 10.2. The molecule has 2 rings (SSSR count). The van der Waals surface area contributed by atoms with Gasteiger partial charge in [-0.15, -0.1) is 0 Å². The molecule has 4 heteroatoms. The smallest absolute Gasteiger partial charge is 0.153 e. The second-order valence-electron chi connectivity index (χ2n) is 4.94. The van der Waals surface area contributed by atoms with Crippen molar-refractivity contribution < 1.29 is 4.74 Å². The molecule has 0 amide bonds. The van der Waals surface area contributed by atoms with Crippen LogP contribution in [-0.4, -0.2) is 11.1 Å². The van der Waals surface area contributed by atoms with E-state index in [-0.39, 0.29) is 6.10 Å². The highest BCUT2D eigenvalue weighted by molar-refractivity contribution is 5.69. The Bertz CT molecular complexity index is 584. The molecule has 3 N–H and O–H groups in total. The Kier molecular flexibility index (Phi) is 4.45. The average molecular weight is 271 g/mol. The van der Waals surface area contributed by atoms with Crippen molar-refractivity contribution in [1.29, 1.82) is 0 Å². The maximum Gasteiger partial charge on any atom is 0.153 e. The highest BCUT2D eigenvalue weighted by atomic mass is 16.5. The van der Waals surface area contributed by atoms with Gasteiger partial charge in [0.15, 0.2) is 5.82 Å². The van der Waals surface area contributed by atoms with Crippen LogP contribution < -0.4 is 15.8 Å². The van der Waals surface area contributed by atoms with Gasteiger partial charge in [0.1, 0.15) is 5.75 Å². The van der Waals surface area contributed by atoms with E-state index < -0.39 is 0 Å². The summed E-state index contributed by atoms with van der Waals surface area (Å²) >= 11 is 0. The molecule has 0 radical (unpaired) electrons. The maximum atomic E-state index is 5.95. The zero-order valence-electron chi connectivity index (χ0n) is 12.2. The molecule has 0 aliphatic heterocycles. The van der Waals surface area contributed by atoms with Crippen molar-refractivity contribution >= 4 is 17.2 Å². The number of anilines is 3. The predicted octanol–water partition coefficient (Wildman–Crippen LogP) is 3.89. The van der Waals surface area contributed by atoms with Crippen molar-refractivity contribution in [2.75, 3.05) is 11.1 Å². The van der Waals surface area contributed by atoms with Crippen LogP contribution in [-0.2, 0) is 0 Å². The first-order valence-electron chi connectivity index (χ1n) is 6.84. The fourth-order valence-corrected chi connectivity index (χ4v) is 1.80. The van der Waals surface area contributed by atoms with E-state index in [1.54, 1.807) is 6.20 Å². The van der Waals surface area contributed by atoms with E-state index in [4.69, 9.17) is 10.5 Å². The molecular formula is C16H21N3O. The van der Waals surface area contributed by atoms with Gasteiger partial charge in [-0.3, -0.25) is 0 Å². The fourth-order valence-electron chi connectivity index (χ4n) is 1.80. The molecule has 4 nitrogen and oxygen atoms in total. The largest absolute Gasteiger partial charge is 0.491 e. The van der Waals surface area contributed by atoms with Crippen molar-refractivity contribution in [3.05, 3.63) is 42.1 Å². The van der Waals surface area contributed by atoms with Crippen LogP contribution in [0.2, 0.25) is 0 Å². The van der Waals surface area contributed by atoms with E-state index >= 15 is 0 Å². The number of rotatable bonds is 5. The monoisotopic (exact) mass is 271 g/mol. The number of hydrogen-bond acceptors (Lipinski definition) is 4. The van der Waals surface area contributed by atoms with E-state index in [2.05, 4.69) is 24.1 Å². The molecule has 0 bridgehead atoms. The summed E-state index contributed by atoms with van der Waals surface area (Å²) in [6.45, 7) is 6.12. The predicted molar refractivity (Wildman–Crippen MR) is 83.5 cm³/mol. The molecule has 1 atom stereocenters. The summed E-state index contributed by atoms with van der Waals surface area (Å²) in [6.07, 6.45) is 2.97. The zero-order chi connectivity index (χ0) is 14.5. The molecule has 0 saturated heterocycles. The molecule has 1 unspecified atom stereocenters. The Hall–Kier alpha value is -2.23. The third kappa shape index (κ3) is 3.63. The summed E-state index contributed by atoms with van der Waals surface area (Å²) in [5, 5.41) is 3.21. The fraction of sp³-hybridized carbons (Fsp3) is 0.312. The third-order valence-corrected chi connectivity index (χ3v) is 3.06. The summed E-state index contributed by atoms with van der Waals surface area (Å²) in [5.74, 6) is 1.51. The summed E-state index contributed by atoms with van der Waals surface area (Å²) < 4.78 is 5.80. The van der Waals surface area contributed by atoms with Crippen LogP contribution in [0.5, 0.6) is 5.75 Å². The van der Waals surface area contributed by atoms with E-state index in [1.807, 2.05) is 37.3 Å². The highest BCUT2D eigenvalue weighted by Gasteiger charge is 2.04. The lowest BCUT2D eigenvalue weighted by Crippen LogP contribution is -2.09. The Morgan fingerprint density at radius 2 is 2.15 bits per heavy atom. The average Bonchev–Trinajstić information content (AvgIpc) is 2.42. The number of benzene rings is 1. The normalized spacial score (nSPS) is 11.9. The van der Waals surface area contributed by atoms with Gasteiger partial charge in [0.25, 0.3) is 0 Å². The minimum Gasteiger partial charge on any atom is -0.491 e. The summed E-state index contributed by atoms with van der Waals surface area (Å²) in [4.78, 5) is 4.30. The Morgan fingerprint density at radius 1 is 1.35 bits per heavy atom. The minimum atomic E-state index is 0.202. The molecule has 0 saturated carbocycles. The lowest BCUT2D eigenvalue weighted by Gasteiger charge is -2.14. The summed E-state index contributed by atoms with van der Waals surface area (Å²) in [5.41, 5.74) is 8.54. The number of nitrogens with one attached hydrogen (secondary N) is 1. The van der Waals surface area contributed by atoms with Crippen LogP contribution in [0.25, 0.3) is 0 Å². The van der Waals surface area contributed by atoms with Gasteiger partial charge in [-0.2, -0.15) is 0 Å². The zero-order valence-corrected chi connectivity index (χ0v) is 12.2. The lowest BCUT2D eigenvalue weighted by molar-refractivity contribution is 0.217. The first-order chi connectivity index (χ1) is 9.58. The summed E-state index contributed by atoms with van der Waals surface area (Å²) in [6, 6.07) is 9.71. The quantitative estimate of drug-likeness (QED) is 0.866. The van der Waals surface area contributed by atoms with Crippen molar-refractivity contribution in [3.63, 3.8) is 0 Å². The van der Waals surface area contributed by atoms with Crippen LogP contribution in [0.3, 0.4) is 0 Å². The standard InChI is InChI=1S/C16H21N3O/c1-4-12(3)20-14-7-5-6-13(9-14)19-16-15(17)8-11(2)10-18-16/h5-10,12H,4,17H2,1-3H3,(H,18,19). The number of aromatic nitrogens is 1. The van der Waals surface area contributed by atoms with Crippen LogP contribution >= 0.6 is 0 Å². The number of nitrogens with zero attached hydrogens (tertiary/aromatic N) is 1. The molecule has 106 valence electrons. The number of nitrogens with two attached hydrogens (primary N) is 1. The van der Waals surface area contributed by atoms with Gasteiger partial charge < -0.3 is 15.8 Å². The van der Waals surface area contributed by atoms with Crippen LogP contribution in [0.4, 0.5) is 17.2 Å². The van der Waals surface area contributed by atoms with Gasteiger partial charge in [-0.25, -0.2) is 4.98 Å². The first kappa shape index (κ1) is 14.2. The Balaban J connectivity index is 2.15. The topological polar surface area (TPSA) is 60.2 Å². The minimum absolute atomic E-state index is 0.202. The van der Waals surface area contributed by atoms with Crippen molar-refractivity contribution in [2.45, 2.75) is 33.3 Å². The SMILES string of the molecule is CCC(C)Oc1cccc(Nc2ncc(C)cc2N)c1. The molecule has 2 aromatic rings. The molecule has 0 aliphatic rings. The second-order valence-corrected chi connectivity index (χ2v) is 4.94. The van der Waals surface area contributed by atoms with Crippen molar-refractivity contribution in [1.82, 2.24) is 4.98 Å². The summed E-state index contributed by atoms with van der Waals surface area (Å²) in [7, 11) is 0. The molecule has 0 fully saturated rings. The number of pyridine rings is 1. The van der Waals surface area contributed by atoms with Crippen LogP contribution in [0.1, 0.15) is 25.8 Å². The van der Waals surface area contributed by atoms with Crippen molar-refractivity contribution in [2.24, 2.45) is 0 Å².